The summed E-state index contributed by atoms with van der Waals surface area (Å²) in [5.74, 6) is -2.91. The number of anilines is 1. The maximum absolute atomic E-state index is 14.2. The zero-order valence-electron chi connectivity index (χ0n) is 19.8. The number of amides is 2. The van der Waals surface area contributed by atoms with E-state index in [0.717, 1.165) is 5.56 Å². The number of aliphatic hydroxyl groups excluding tert-OH is 1. The number of carbonyl (C=O) groups excluding carboxylic acids is 3. The quantitative estimate of drug-likeness (QED) is 0.300. The molecular weight excluding hydrogens is 472 g/mol. The topological polar surface area (TPSA) is 96.4 Å². The highest BCUT2D eigenvalue weighted by molar-refractivity contribution is 6.34. The standard InChI is InChI=1S/C26H31ClN2O6/c1-4-6-15-34-25(33)19-18-10-11-26(35-18)20(19)23(31)29(13-14-30)22(26)24(32)28(12-5-2)21-16(3)8-7-9-17(21)27/h4-5,7-9,18-20,22,30H,1-2,6,10-15H2,3H3/t18-,19+,20+,22?,26?/m1/s1. The van der Waals surface area contributed by atoms with Gasteiger partial charge in [0.15, 0.2) is 0 Å². The molecule has 3 aliphatic heterocycles. The van der Waals surface area contributed by atoms with Gasteiger partial charge in [0.1, 0.15) is 11.6 Å². The number of carbonyl (C=O) groups is 3. The molecule has 3 saturated heterocycles. The SMILES string of the molecule is C=CCCOC(=O)[C@@H]1[C@H]2C(=O)N(CCO)C(C(=O)N(CC=C)c3c(C)cccc3Cl)C23CC[C@H]1O3. The second-order valence-electron chi connectivity index (χ2n) is 9.20. The minimum atomic E-state index is -1.18. The summed E-state index contributed by atoms with van der Waals surface area (Å²) in [5, 5.41) is 10.1. The minimum absolute atomic E-state index is 0.0524. The lowest BCUT2D eigenvalue weighted by molar-refractivity contribution is -0.155. The molecule has 3 heterocycles. The Bertz CT molecular complexity index is 1020. The van der Waals surface area contributed by atoms with E-state index in [4.69, 9.17) is 21.1 Å². The van der Waals surface area contributed by atoms with Crippen molar-refractivity contribution in [2.45, 2.75) is 43.9 Å². The zero-order chi connectivity index (χ0) is 25.3. The molecule has 0 saturated carbocycles. The van der Waals surface area contributed by atoms with E-state index in [-0.39, 0.29) is 38.1 Å². The number of likely N-dealkylation sites (tertiary alicyclic amines) is 1. The molecule has 0 aromatic heterocycles. The number of hydrogen-bond donors (Lipinski definition) is 1. The molecule has 1 N–H and O–H groups in total. The maximum atomic E-state index is 14.2. The Morgan fingerprint density at radius 1 is 1.37 bits per heavy atom. The van der Waals surface area contributed by atoms with Crippen LogP contribution in [0.25, 0.3) is 0 Å². The highest BCUT2D eigenvalue weighted by atomic mass is 35.5. The van der Waals surface area contributed by atoms with Crippen LogP contribution in [-0.2, 0) is 23.9 Å². The summed E-state index contributed by atoms with van der Waals surface area (Å²) in [6.07, 6.45) is 4.23. The van der Waals surface area contributed by atoms with E-state index in [1.165, 1.54) is 9.80 Å². The number of hydrogen-bond acceptors (Lipinski definition) is 6. The predicted molar refractivity (Wildman–Crippen MR) is 131 cm³/mol. The fraction of sp³-hybridized carbons (Fsp3) is 0.500. The highest BCUT2D eigenvalue weighted by Crippen LogP contribution is 2.59. The number of nitrogens with zero attached hydrogens (tertiary/aromatic N) is 2. The van der Waals surface area contributed by atoms with Gasteiger partial charge in [-0.1, -0.05) is 35.9 Å². The number of esters is 1. The summed E-state index contributed by atoms with van der Waals surface area (Å²) >= 11 is 6.50. The predicted octanol–water partition coefficient (Wildman–Crippen LogP) is 2.65. The van der Waals surface area contributed by atoms with Gasteiger partial charge in [0.2, 0.25) is 5.91 Å². The lowest BCUT2D eigenvalue weighted by Gasteiger charge is -2.37. The number of halogens is 1. The lowest BCUT2D eigenvalue weighted by atomic mass is 9.70. The molecule has 0 aliphatic carbocycles. The summed E-state index contributed by atoms with van der Waals surface area (Å²) in [4.78, 5) is 43.8. The molecule has 3 aliphatic rings. The van der Waals surface area contributed by atoms with E-state index in [0.29, 0.717) is 30.0 Å². The van der Waals surface area contributed by atoms with Gasteiger partial charge in [-0.3, -0.25) is 14.4 Å². The van der Waals surface area contributed by atoms with Crippen LogP contribution in [0.2, 0.25) is 5.02 Å². The summed E-state index contributed by atoms with van der Waals surface area (Å²) in [6, 6.07) is 4.34. The molecule has 4 rings (SSSR count). The van der Waals surface area contributed by atoms with Crippen LogP contribution in [-0.4, -0.2) is 71.8 Å². The van der Waals surface area contributed by atoms with E-state index >= 15 is 0 Å². The van der Waals surface area contributed by atoms with Crippen LogP contribution in [0.3, 0.4) is 0 Å². The van der Waals surface area contributed by atoms with Gasteiger partial charge < -0.3 is 24.4 Å². The molecule has 2 unspecified atom stereocenters. The van der Waals surface area contributed by atoms with E-state index < -0.39 is 35.6 Å². The molecule has 1 aromatic carbocycles. The number of aryl methyl sites for hydroxylation is 1. The molecule has 2 amide bonds. The second kappa shape index (κ2) is 10.1. The second-order valence-corrected chi connectivity index (χ2v) is 9.61. The molecule has 2 bridgehead atoms. The highest BCUT2D eigenvalue weighted by Gasteiger charge is 2.75. The lowest BCUT2D eigenvalue weighted by Crippen LogP contribution is -2.57. The molecule has 0 radical (unpaired) electrons. The maximum Gasteiger partial charge on any atom is 0.312 e. The minimum Gasteiger partial charge on any atom is -0.465 e. The largest absolute Gasteiger partial charge is 0.465 e. The van der Waals surface area contributed by atoms with Crippen molar-refractivity contribution >= 4 is 35.1 Å². The van der Waals surface area contributed by atoms with Crippen LogP contribution in [0.1, 0.15) is 24.8 Å². The molecule has 5 atom stereocenters. The number of rotatable bonds is 10. The Balaban J connectivity index is 1.74. The van der Waals surface area contributed by atoms with E-state index in [1.807, 2.05) is 13.0 Å². The third-order valence-electron chi connectivity index (χ3n) is 7.25. The first-order chi connectivity index (χ1) is 16.8. The van der Waals surface area contributed by atoms with Gasteiger partial charge in [-0.05, 0) is 37.8 Å². The van der Waals surface area contributed by atoms with Gasteiger partial charge in [-0.2, -0.15) is 0 Å². The normalized spacial score (nSPS) is 28.7. The van der Waals surface area contributed by atoms with Crippen molar-refractivity contribution in [1.82, 2.24) is 4.90 Å². The number of ether oxygens (including phenoxy) is 2. The summed E-state index contributed by atoms with van der Waals surface area (Å²) in [6.45, 7) is 9.22. The Morgan fingerprint density at radius 2 is 2.14 bits per heavy atom. The Hall–Kier alpha value is -2.68. The van der Waals surface area contributed by atoms with Crippen LogP contribution < -0.4 is 4.90 Å². The monoisotopic (exact) mass is 502 g/mol. The number of benzene rings is 1. The van der Waals surface area contributed by atoms with Crippen molar-refractivity contribution < 1.29 is 29.0 Å². The van der Waals surface area contributed by atoms with E-state index in [9.17, 15) is 19.5 Å². The third kappa shape index (κ3) is 4.07. The van der Waals surface area contributed by atoms with Gasteiger partial charge in [0, 0.05) is 13.1 Å². The molecule has 1 aromatic rings. The zero-order valence-corrected chi connectivity index (χ0v) is 20.6. The first-order valence-electron chi connectivity index (χ1n) is 11.9. The third-order valence-corrected chi connectivity index (χ3v) is 7.55. The van der Waals surface area contributed by atoms with Crippen molar-refractivity contribution in [1.29, 1.82) is 0 Å². The average Bonchev–Trinajstić information content (AvgIpc) is 3.46. The Kier molecular flexibility index (Phi) is 7.35. The summed E-state index contributed by atoms with van der Waals surface area (Å²) < 4.78 is 11.8. The summed E-state index contributed by atoms with van der Waals surface area (Å²) in [5.41, 5.74) is 0.147. The van der Waals surface area contributed by atoms with Crippen molar-refractivity contribution in [3.05, 3.63) is 54.1 Å². The number of fused-ring (bicyclic) bond motifs is 1. The Morgan fingerprint density at radius 3 is 2.80 bits per heavy atom. The molecule has 35 heavy (non-hydrogen) atoms. The van der Waals surface area contributed by atoms with Gasteiger partial charge in [0.05, 0.1) is 41.9 Å². The van der Waals surface area contributed by atoms with Crippen molar-refractivity contribution in [3.8, 4) is 0 Å². The first-order valence-corrected chi connectivity index (χ1v) is 12.2. The number of aliphatic hydroxyl groups is 1. The fourth-order valence-corrected chi connectivity index (χ4v) is 6.24. The Labute approximate surface area is 210 Å². The van der Waals surface area contributed by atoms with Gasteiger partial charge in [0.25, 0.3) is 5.91 Å². The molecule has 188 valence electrons. The summed E-state index contributed by atoms with van der Waals surface area (Å²) in [7, 11) is 0. The van der Waals surface area contributed by atoms with Crippen LogP contribution in [0, 0.1) is 18.8 Å². The number of para-hydroxylation sites is 1. The van der Waals surface area contributed by atoms with Crippen LogP contribution in [0.15, 0.2) is 43.5 Å². The smallest absolute Gasteiger partial charge is 0.312 e. The molecule has 1 spiro atoms. The van der Waals surface area contributed by atoms with Gasteiger partial charge in [-0.15, -0.1) is 13.2 Å². The van der Waals surface area contributed by atoms with Crippen molar-refractivity contribution in [2.24, 2.45) is 11.8 Å². The first kappa shape index (κ1) is 25.4. The number of β-amino-alcohol motifs (C(OH)–C–C–N with tert-alkyl or cyclic N) is 1. The molecular formula is C26H31ClN2O6. The van der Waals surface area contributed by atoms with E-state index in [1.54, 1.807) is 24.3 Å². The molecule has 3 fully saturated rings. The van der Waals surface area contributed by atoms with Gasteiger partial charge in [-0.25, -0.2) is 0 Å². The molecule has 8 nitrogen and oxygen atoms in total. The van der Waals surface area contributed by atoms with Crippen LogP contribution in [0.5, 0.6) is 0 Å². The van der Waals surface area contributed by atoms with Gasteiger partial charge >= 0.3 is 5.97 Å². The fourth-order valence-electron chi connectivity index (χ4n) is 5.92. The average molecular weight is 503 g/mol. The van der Waals surface area contributed by atoms with E-state index in [2.05, 4.69) is 13.2 Å². The van der Waals surface area contributed by atoms with Crippen molar-refractivity contribution in [3.63, 3.8) is 0 Å². The molecule has 9 heteroatoms. The van der Waals surface area contributed by atoms with Crippen molar-refractivity contribution in [2.75, 3.05) is 31.2 Å². The van der Waals surface area contributed by atoms with Crippen LogP contribution in [0.4, 0.5) is 5.69 Å². The van der Waals surface area contributed by atoms with Crippen LogP contribution >= 0.6 is 11.6 Å².